The fraction of sp³-hybridized carbons (Fsp3) is 0.222. The van der Waals surface area contributed by atoms with E-state index in [9.17, 15) is 14.9 Å². The largest absolute Gasteiger partial charge is 0.338 e. The lowest BCUT2D eigenvalue weighted by Crippen LogP contribution is -3.06. The van der Waals surface area contributed by atoms with Gasteiger partial charge in [-0.05, 0) is 24.3 Å². The van der Waals surface area contributed by atoms with Crippen LogP contribution in [0.3, 0.4) is 0 Å². The fourth-order valence-electron chi connectivity index (χ4n) is 2.58. The standard InChI is InChI=1S/C18H17ClN4O3S/c1-21(2)9-10-22(18-20-14-5-3-4-6-16(14)27-18)17(24)13-11-12(19)7-8-15(13)23(25)26/h3-8,11H,9-10H2,1-2H3/p+1. The molecule has 140 valence electrons. The molecular formula is C18H18ClN4O3S+. The lowest BCUT2D eigenvalue weighted by Gasteiger charge is -2.20. The summed E-state index contributed by atoms with van der Waals surface area (Å²) in [6, 6.07) is 11.6. The molecule has 7 nitrogen and oxygen atoms in total. The number of quaternary nitrogens is 1. The molecule has 1 aromatic heterocycles. The number of rotatable bonds is 6. The van der Waals surface area contributed by atoms with Crippen LogP contribution in [0.4, 0.5) is 10.8 Å². The van der Waals surface area contributed by atoms with Crippen molar-refractivity contribution in [3.05, 3.63) is 63.2 Å². The molecule has 0 bridgehead atoms. The van der Waals surface area contributed by atoms with Crippen molar-refractivity contribution in [1.82, 2.24) is 4.98 Å². The summed E-state index contributed by atoms with van der Waals surface area (Å²) < 4.78 is 0.947. The molecule has 0 aliphatic heterocycles. The van der Waals surface area contributed by atoms with Gasteiger partial charge in [0, 0.05) is 11.1 Å². The molecule has 1 amide bonds. The van der Waals surface area contributed by atoms with Gasteiger partial charge in [-0.2, -0.15) is 0 Å². The van der Waals surface area contributed by atoms with Gasteiger partial charge >= 0.3 is 0 Å². The molecule has 0 atom stereocenters. The number of halogens is 1. The molecule has 1 heterocycles. The maximum Gasteiger partial charge on any atom is 0.282 e. The molecule has 0 radical (unpaired) electrons. The molecule has 0 spiro atoms. The number of anilines is 1. The highest BCUT2D eigenvalue weighted by atomic mass is 35.5. The minimum absolute atomic E-state index is 0.0412. The first-order chi connectivity index (χ1) is 12.9. The number of nitro benzene ring substituents is 1. The van der Waals surface area contributed by atoms with Gasteiger partial charge in [0.2, 0.25) is 0 Å². The average Bonchev–Trinajstić information content (AvgIpc) is 3.04. The van der Waals surface area contributed by atoms with Crippen LogP contribution >= 0.6 is 22.9 Å². The van der Waals surface area contributed by atoms with Gasteiger partial charge in [-0.25, -0.2) is 4.98 Å². The van der Waals surface area contributed by atoms with E-state index < -0.39 is 10.8 Å². The molecule has 2 aromatic carbocycles. The monoisotopic (exact) mass is 405 g/mol. The van der Waals surface area contributed by atoms with Crippen molar-refractivity contribution in [2.45, 2.75) is 0 Å². The van der Waals surface area contributed by atoms with Gasteiger partial charge in [-0.3, -0.25) is 19.8 Å². The summed E-state index contributed by atoms with van der Waals surface area (Å²) in [6.45, 7) is 1.04. The number of hydrogen-bond acceptors (Lipinski definition) is 5. The molecule has 1 N–H and O–H groups in total. The van der Waals surface area contributed by atoms with Gasteiger partial charge in [0.05, 0.1) is 42.3 Å². The van der Waals surface area contributed by atoms with Crippen molar-refractivity contribution < 1.29 is 14.6 Å². The Morgan fingerprint density at radius 1 is 1.30 bits per heavy atom. The third kappa shape index (κ3) is 4.24. The summed E-state index contributed by atoms with van der Waals surface area (Å²) >= 11 is 7.38. The van der Waals surface area contributed by atoms with Gasteiger partial charge in [0.25, 0.3) is 11.6 Å². The van der Waals surface area contributed by atoms with Gasteiger partial charge in [-0.15, -0.1) is 0 Å². The average molecular weight is 406 g/mol. The third-order valence-electron chi connectivity index (χ3n) is 3.98. The zero-order chi connectivity index (χ0) is 19.6. The topological polar surface area (TPSA) is 80.8 Å². The minimum Gasteiger partial charge on any atom is -0.338 e. The normalized spacial score (nSPS) is 11.1. The van der Waals surface area contributed by atoms with E-state index in [0.717, 1.165) is 15.1 Å². The van der Waals surface area contributed by atoms with Crippen molar-refractivity contribution in [2.75, 3.05) is 32.1 Å². The highest BCUT2D eigenvalue weighted by Gasteiger charge is 2.28. The van der Waals surface area contributed by atoms with Crippen LogP contribution in [0.2, 0.25) is 5.02 Å². The van der Waals surface area contributed by atoms with Crippen molar-refractivity contribution in [2.24, 2.45) is 0 Å². The number of thiazole rings is 1. The summed E-state index contributed by atoms with van der Waals surface area (Å²) in [5, 5.41) is 12.2. The van der Waals surface area contributed by atoms with Crippen LogP contribution in [-0.4, -0.2) is 43.0 Å². The predicted molar refractivity (Wildman–Crippen MR) is 107 cm³/mol. The number of aromatic nitrogens is 1. The molecule has 0 fully saturated rings. The molecule has 0 aliphatic carbocycles. The summed E-state index contributed by atoms with van der Waals surface area (Å²) in [7, 11) is 3.95. The van der Waals surface area contributed by atoms with Crippen molar-refractivity contribution in [3.63, 3.8) is 0 Å². The van der Waals surface area contributed by atoms with E-state index in [1.807, 2.05) is 38.4 Å². The van der Waals surface area contributed by atoms with Crippen LogP contribution in [0.25, 0.3) is 10.2 Å². The number of nitrogens with one attached hydrogen (secondary N) is 1. The number of nitrogens with zero attached hydrogens (tertiary/aromatic N) is 3. The van der Waals surface area contributed by atoms with E-state index in [1.165, 1.54) is 34.4 Å². The van der Waals surface area contributed by atoms with Crippen molar-refractivity contribution >= 4 is 49.9 Å². The van der Waals surface area contributed by atoms with Crippen LogP contribution in [0, 0.1) is 10.1 Å². The van der Waals surface area contributed by atoms with E-state index >= 15 is 0 Å². The number of nitro groups is 1. The summed E-state index contributed by atoms with van der Waals surface area (Å²) in [5.74, 6) is -0.482. The fourth-order valence-corrected chi connectivity index (χ4v) is 3.74. The molecule has 0 unspecified atom stereocenters. The second-order valence-corrected chi connectivity index (χ2v) is 7.74. The Kier molecular flexibility index (Phi) is 5.69. The Balaban J connectivity index is 2.06. The van der Waals surface area contributed by atoms with Gasteiger partial charge in [0.15, 0.2) is 5.13 Å². The van der Waals surface area contributed by atoms with Gasteiger partial charge in [-0.1, -0.05) is 35.1 Å². The van der Waals surface area contributed by atoms with E-state index in [0.29, 0.717) is 18.2 Å². The number of likely N-dealkylation sites (N-methyl/N-ethyl adjacent to an activating group) is 1. The Labute approximate surface area is 164 Å². The zero-order valence-electron chi connectivity index (χ0n) is 14.8. The maximum atomic E-state index is 13.2. The maximum absolute atomic E-state index is 13.2. The Bertz CT molecular complexity index is 972. The molecule has 0 saturated heterocycles. The number of para-hydroxylation sites is 1. The molecule has 9 heteroatoms. The Hall–Kier alpha value is -2.55. The lowest BCUT2D eigenvalue weighted by atomic mass is 10.1. The summed E-state index contributed by atoms with van der Waals surface area (Å²) in [6.07, 6.45) is 0. The predicted octanol–water partition coefficient (Wildman–Crippen LogP) is 2.65. The van der Waals surface area contributed by atoms with Crippen LogP contribution in [0.1, 0.15) is 10.4 Å². The summed E-state index contributed by atoms with van der Waals surface area (Å²) in [4.78, 5) is 31.2. The molecule has 3 aromatic rings. The van der Waals surface area contributed by atoms with Gasteiger partial charge in [0.1, 0.15) is 5.56 Å². The van der Waals surface area contributed by atoms with Crippen LogP contribution in [-0.2, 0) is 0 Å². The second kappa shape index (κ2) is 7.99. The summed E-state index contributed by atoms with van der Waals surface area (Å²) in [5.41, 5.74) is 0.473. The molecule has 0 aliphatic rings. The van der Waals surface area contributed by atoms with Crippen LogP contribution < -0.4 is 9.80 Å². The smallest absolute Gasteiger partial charge is 0.282 e. The van der Waals surface area contributed by atoms with E-state index in [2.05, 4.69) is 4.98 Å². The van der Waals surface area contributed by atoms with Crippen molar-refractivity contribution in [3.8, 4) is 0 Å². The molecule has 27 heavy (non-hydrogen) atoms. The first-order valence-corrected chi connectivity index (χ1v) is 9.46. The Morgan fingerprint density at radius 2 is 2.04 bits per heavy atom. The number of fused-ring (bicyclic) bond motifs is 1. The second-order valence-electron chi connectivity index (χ2n) is 6.30. The SMILES string of the molecule is C[NH+](C)CCN(C(=O)c1cc(Cl)ccc1[N+](=O)[O-])c1nc2ccccc2s1. The molecular weight excluding hydrogens is 388 g/mol. The number of amides is 1. The first-order valence-electron chi connectivity index (χ1n) is 8.27. The van der Waals surface area contributed by atoms with E-state index in [4.69, 9.17) is 11.6 Å². The van der Waals surface area contributed by atoms with E-state index in [-0.39, 0.29) is 16.3 Å². The van der Waals surface area contributed by atoms with E-state index in [1.54, 1.807) is 0 Å². The van der Waals surface area contributed by atoms with Gasteiger partial charge < -0.3 is 4.90 Å². The molecule has 3 rings (SSSR count). The zero-order valence-corrected chi connectivity index (χ0v) is 16.4. The molecule has 0 saturated carbocycles. The Morgan fingerprint density at radius 3 is 2.70 bits per heavy atom. The number of carbonyl (C=O) groups is 1. The quantitative estimate of drug-likeness (QED) is 0.505. The third-order valence-corrected chi connectivity index (χ3v) is 5.27. The number of carbonyl (C=O) groups excluding carboxylic acids is 1. The first kappa shape index (κ1) is 19.2. The lowest BCUT2D eigenvalue weighted by molar-refractivity contribution is -0.856. The highest BCUT2D eigenvalue weighted by Crippen LogP contribution is 2.31. The number of hydrogen-bond donors (Lipinski definition) is 1. The van der Waals surface area contributed by atoms with Crippen LogP contribution in [0.15, 0.2) is 42.5 Å². The number of benzene rings is 2. The van der Waals surface area contributed by atoms with Crippen molar-refractivity contribution in [1.29, 1.82) is 0 Å². The highest BCUT2D eigenvalue weighted by molar-refractivity contribution is 7.22. The minimum atomic E-state index is -0.572. The van der Waals surface area contributed by atoms with Crippen LogP contribution in [0.5, 0.6) is 0 Å².